The maximum atomic E-state index is 15.5. The van der Waals surface area contributed by atoms with Crippen molar-refractivity contribution in [3.8, 4) is 0 Å². The van der Waals surface area contributed by atoms with Gasteiger partial charge in [-0.15, -0.1) is 0 Å². The number of aromatic amines is 3. The lowest BCUT2D eigenvalue weighted by Gasteiger charge is -2.30. The molecule has 28 N–H and O–H groups in total. The van der Waals surface area contributed by atoms with Gasteiger partial charge in [-0.1, -0.05) is 102 Å². The van der Waals surface area contributed by atoms with Crippen molar-refractivity contribution < 1.29 is 48.3 Å². The number of carbonyl (C=O) groups excluding carboxylic acids is 8. The first-order valence-electron chi connectivity index (χ1n) is 34.2. The number of hydrogen-bond acceptors (Lipinski definition) is 14. The van der Waals surface area contributed by atoms with E-state index < -0.39 is 119 Å². The molecule has 0 fully saturated rings. The minimum Gasteiger partial charge on any atom is -0.480 e. The zero-order chi connectivity index (χ0) is 73.7. The number of benzene rings is 3. The molecule has 0 aliphatic rings. The summed E-state index contributed by atoms with van der Waals surface area (Å²) in [7, 11) is 0. The van der Waals surface area contributed by atoms with Crippen LogP contribution in [0.1, 0.15) is 115 Å². The van der Waals surface area contributed by atoms with Crippen molar-refractivity contribution in [2.24, 2.45) is 72.7 Å². The highest BCUT2D eigenvalue weighted by Crippen LogP contribution is 2.24. The predicted octanol–water partition coefficient (Wildman–Crippen LogP) is -0.169. The Labute approximate surface area is 586 Å². The van der Waals surface area contributed by atoms with Crippen molar-refractivity contribution in [1.29, 1.82) is 0 Å². The van der Waals surface area contributed by atoms with E-state index in [2.05, 4.69) is 72.5 Å². The number of carboxylic acids is 1. The van der Waals surface area contributed by atoms with Gasteiger partial charge in [0.1, 0.15) is 48.3 Å². The van der Waals surface area contributed by atoms with Crippen LogP contribution in [0, 0.1) is 11.8 Å². The van der Waals surface area contributed by atoms with Gasteiger partial charge in [-0.3, -0.25) is 53.3 Å². The van der Waals surface area contributed by atoms with Gasteiger partial charge in [0, 0.05) is 90.2 Å². The zero-order valence-corrected chi connectivity index (χ0v) is 57.8. The van der Waals surface area contributed by atoms with Gasteiger partial charge < -0.3 is 108 Å². The highest BCUT2D eigenvalue weighted by atomic mass is 16.4. The van der Waals surface area contributed by atoms with Crippen LogP contribution in [-0.4, -0.2) is 172 Å². The molecule has 0 aliphatic carbocycles. The maximum Gasteiger partial charge on any atom is 0.326 e. The van der Waals surface area contributed by atoms with E-state index in [9.17, 15) is 29.1 Å². The second-order valence-electron chi connectivity index (χ2n) is 25.4. The molecule has 3 aromatic heterocycles. The van der Waals surface area contributed by atoms with Crippen molar-refractivity contribution in [2.75, 3.05) is 26.2 Å². The average molecular weight is 1400 g/mol. The Balaban J connectivity index is 1.35. The molecule has 0 unspecified atom stereocenters. The van der Waals surface area contributed by atoms with Crippen LogP contribution >= 0.6 is 0 Å². The number of aliphatic carboxylic acids is 1. The molecule has 3 heterocycles. The van der Waals surface area contributed by atoms with Crippen molar-refractivity contribution in [2.45, 2.75) is 172 Å². The molecule has 101 heavy (non-hydrogen) atoms. The number of para-hydroxylation sites is 3. The van der Waals surface area contributed by atoms with Crippen molar-refractivity contribution in [3.63, 3.8) is 0 Å². The van der Waals surface area contributed by atoms with E-state index in [1.807, 2.05) is 66.7 Å². The van der Waals surface area contributed by atoms with E-state index >= 15 is 19.2 Å². The van der Waals surface area contributed by atoms with Gasteiger partial charge in [0.25, 0.3) is 0 Å². The summed E-state index contributed by atoms with van der Waals surface area (Å²) in [6.07, 6.45) is 7.27. The molecule has 8 amide bonds. The molecule has 0 bridgehead atoms. The number of aliphatic imine (C=N–C) groups is 3. The van der Waals surface area contributed by atoms with E-state index in [1.165, 1.54) is 0 Å². The third-order valence-corrected chi connectivity index (χ3v) is 17.8. The number of nitrogens with two attached hydrogens (primary N) is 8. The van der Waals surface area contributed by atoms with Crippen molar-refractivity contribution in [1.82, 2.24) is 57.5 Å². The van der Waals surface area contributed by atoms with Gasteiger partial charge in [-0.25, -0.2) is 4.79 Å². The van der Waals surface area contributed by atoms with Crippen LogP contribution < -0.4 is 88.4 Å². The summed E-state index contributed by atoms with van der Waals surface area (Å²) in [4.78, 5) is 153. The molecule has 0 saturated carbocycles. The Morgan fingerprint density at radius 2 is 0.713 bits per heavy atom. The molecule has 548 valence electrons. The van der Waals surface area contributed by atoms with Crippen LogP contribution in [-0.2, 0) is 62.4 Å². The molecule has 32 heteroatoms. The number of carboxylic acid groups (broad SMARTS) is 1. The summed E-state index contributed by atoms with van der Waals surface area (Å²) in [5, 5.41) is 34.8. The molecule has 32 nitrogen and oxygen atoms in total. The lowest BCUT2D eigenvalue weighted by molar-refractivity contribution is -0.143. The van der Waals surface area contributed by atoms with Gasteiger partial charge in [-0.2, -0.15) is 0 Å². The van der Waals surface area contributed by atoms with Crippen molar-refractivity contribution >= 4 is 104 Å². The zero-order valence-electron chi connectivity index (χ0n) is 57.8. The summed E-state index contributed by atoms with van der Waals surface area (Å²) in [6, 6.07) is 9.92. The van der Waals surface area contributed by atoms with Crippen molar-refractivity contribution in [3.05, 3.63) is 108 Å². The fraction of sp³-hybridized carbons (Fsp3) is 0.478. The van der Waals surface area contributed by atoms with Gasteiger partial charge in [-0.05, 0) is 105 Å². The number of fused-ring (bicyclic) bond motifs is 3. The molecular formula is C69H102N22O10. The van der Waals surface area contributed by atoms with Crippen LogP contribution in [0.15, 0.2) is 106 Å². The Kier molecular flexibility index (Phi) is 31.2. The molecule has 6 aromatic rings. The Hall–Kier alpha value is -10.8. The van der Waals surface area contributed by atoms with Gasteiger partial charge in [0.2, 0.25) is 47.3 Å². The number of carbonyl (C=O) groups is 9. The molecule has 0 aliphatic heterocycles. The fourth-order valence-corrected chi connectivity index (χ4v) is 11.7. The Morgan fingerprint density at radius 1 is 0.406 bits per heavy atom. The number of rotatable bonds is 43. The minimum absolute atomic E-state index is 0.0271. The largest absolute Gasteiger partial charge is 0.480 e. The summed E-state index contributed by atoms with van der Waals surface area (Å²) < 4.78 is 0. The number of hydrogen-bond donors (Lipinski definition) is 20. The molecule has 0 spiro atoms. The Morgan fingerprint density at radius 3 is 1.07 bits per heavy atom. The molecule has 3 aromatic carbocycles. The first kappa shape index (κ1) is 79.2. The lowest BCUT2D eigenvalue weighted by Crippen LogP contribution is -2.62. The van der Waals surface area contributed by atoms with E-state index in [0.29, 0.717) is 54.3 Å². The predicted molar refractivity (Wildman–Crippen MR) is 389 cm³/mol. The van der Waals surface area contributed by atoms with Gasteiger partial charge in [0.15, 0.2) is 17.9 Å². The normalized spacial score (nSPS) is 14.6. The summed E-state index contributed by atoms with van der Waals surface area (Å²) in [6.45, 7) is 7.63. The van der Waals surface area contributed by atoms with Crippen LogP contribution in [0.3, 0.4) is 0 Å². The number of unbranched alkanes of at least 4 members (excludes halogenated alkanes) is 1. The molecule has 6 rings (SSSR count). The second-order valence-corrected chi connectivity index (χ2v) is 25.4. The molecular weight excluding hydrogens is 1300 g/mol. The van der Waals surface area contributed by atoms with E-state index in [0.717, 1.165) is 27.3 Å². The fourth-order valence-electron chi connectivity index (χ4n) is 11.7. The average Bonchev–Trinajstić information content (AvgIpc) is 1.74. The monoisotopic (exact) mass is 1400 g/mol. The first-order chi connectivity index (χ1) is 48.3. The van der Waals surface area contributed by atoms with Crippen LogP contribution in [0.5, 0.6) is 0 Å². The molecule has 11 atom stereocenters. The highest BCUT2D eigenvalue weighted by molar-refractivity contribution is 6.00. The first-order valence-corrected chi connectivity index (χ1v) is 34.2. The number of aromatic nitrogens is 3. The molecule has 0 radical (unpaired) electrons. The third kappa shape index (κ3) is 24.3. The number of amides is 8. The SMILES string of the molecule is CC[C@H](C)[C@H](NC(=O)[C@H](CCCN=C(N)N)NC(=O)[C@H](Cc1c[nH]c2ccccc12)NC(=O)[C@@H](NC(=O)[C@H](Cc1c[nH]c2ccccc12)NC(=O)[C@H](Cc1c[nH]c2ccccc12)NC(=O)[C@H](CCCN=C(N)N)NC(=O)[C@@H](N)CCCCN)[C@@H](C)CC)C(=O)N[C@@H](CCCN=C(N)N)C(=O)O. The smallest absolute Gasteiger partial charge is 0.326 e. The summed E-state index contributed by atoms with van der Waals surface area (Å²) in [5.74, 6) is -9.36. The summed E-state index contributed by atoms with van der Waals surface area (Å²) >= 11 is 0. The number of guanidine groups is 3. The number of H-pyrrole nitrogens is 3. The molecule has 0 saturated heterocycles. The lowest BCUT2D eigenvalue weighted by atomic mass is 9.95. The van der Waals surface area contributed by atoms with Gasteiger partial charge >= 0.3 is 5.97 Å². The number of nitrogens with zero attached hydrogens (tertiary/aromatic N) is 3. The maximum absolute atomic E-state index is 15.5. The summed E-state index contributed by atoms with van der Waals surface area (Å²) in [5.41, 5.74) is 49.4. The topological polar surface area (TPSA) is 563 Å². The minimum atomic E-state index is -1.47. The number of nitrogens with one attached hydrogen (secondary N) is 11. The Bertz CT molecular complexity index is 3850. The van der Waals surface area contributed by atoms with Crippen LogP contribution in [0.2, 0.25) is 0 Å². The quantitative estimate of drug-likeness (QED) is 0.0134. The van der Waals surface area contributed by atoms with Crippen LogP contribution in [0.4, 0.5) is 0 Å². The van der Waals surface area contributed by atoms with E-state index in [1.54, 1.807) is 52.4 Å². The van der Waals surface area contributed by atoms with Gasteiger partial charge in [0.05, 0.1) is 6.04 Å². The highest BCUT2D eigenvalue weighted by Gasteiger charge is 2.38. The second kappa shape index (κ2) is 39.7. The van der Waals surface area contributed by atoms with E-state index in [4.69, 9.17) is 45.9 Å². The van der Waals surface area contributed by atoms with E-state index in [-0.39, 0.29) is 102 Å². The van der Waals surface area contributed by atoms with Crippen LogP contribution in [0.25, 0.3) is 32.7 Å². The standard InChI is InChI=1S/C69H102N22O10/c1-5-38(3)56(64(98)86-52(66(100)101)27-17-31-80-69(76)77)90-60(94)51(26-16-30-79-68(74)75)85-61(95)54(33-41-36-82-48-23-11-8-19-44(41)48)89-65(99)57(39(4)6-2)91-63(97)55(34-42-37-83-49-24-12-9-20-45(42)49)88-62(96)53(32-40-35-81-47-22-10-7-18-43(40)47)87-59(93)50(25-15-29-78-67(72)73)84-58(92)46(71)21-13-14-28-70/h7-12,18-20,22-24,35-39,46,50-57,81-83H,5-6,13-17,21,25-34,70-71H2,1-4H3,(H,84,92)(H,85,95)(H,86,98)(H,87,93)(H,88,96)(H,89,99)(H,90,94)(H,91,97)(H,100,101)(H4,72,73,78)(H4,74,75,79)(H4,76,77,80)/t38-,39-,46-,50-,51-,52-,53-,54-,55-,56-,57-/m0/s1. The third-order valence-electron chi connectivity index (χ3n) is 17.8.